The van der Waals surface area contributed by atoms with E-state index in [9.17, 15) is 4.79 Å². The molecule has 0 aliphatic heterocycles. The van der Waals surface area contributed by atoms with Crippen molar-refractivity contribution in [2.45, 2.75) is 19.9 Å². The Morgan fingerprint density at radius 1 is 1.53 bits per heavy atom. The number of hydrogen-bond donors (Lipinski definition) is 2. The van der Waals surface area contributed by atoms with Crippen LogP contribution in [-0.4, -0.2) is 16.1 Å². The normalized spacial score (nSPS) is 12.2. The minimum absolute atomic E-state index is 0.0738. The molecule has 0 amide bonds. The lowest BCUT2D eigenvalue weighted by atomic mass is 10.1. The molecule has 0 bridgehead atoms. The smallest absolute Gasteiger partial charge is 0.337 e. The van der Waals surface area contributed by atoms with Crippen LogP contribution in [0.4, 0.5) is 5.69 Å². The number of aryl methyl sites for hydroxylation is 1. The monoisotopic (exact) mass is 296 g/mol. The van der Waals surface area contributed by atoms with Crippen molar-refractivity contribution in [3.8, 4) is 0 Å². The highest BCUT2D eigenvalue weighted by molar-refractivity contribution is 7.11. The van der Waals surface area contributed by atoms with Gasteiger partial charge in [0.2, 0.25) is 0 Å². The first-order valence-electron chi connectivity index (χ1n) is 5.69. The Morgan fingerprint density at radius 3 is 2.84 bits per heavy atom. The Labute approximate surface area is 120 Å². The first-order valence-corrected chi connectivity index (χ1v) is 6.88. The van der Waals surface area contributed by atoms with Crippen molar-refractivity contribution in [1.82, 2.24) is 4.98 Å². The number of hydrogen-bond acceptors (Lipinski definition) is 4. The van der Waals surface area contributed by atoms with Crippen LogP contribution in [0, 0.1) is 6.92 Å². The quantitative estimate of drug-likeness (QED) is 0.896. The van der Waals surface area contributed by atoms with Gasteiger partial charge in [0.25, 0.3) is 0 Å². The van der Waals surface area contributed by atoms with Crippen molar-refractivity contribution in [3.05, 3.63) is 44.9 Å². The van der Waals surface area contributed by atoms with E-state index in [-0.39, 0.29) is 11.6 Å². The van der Waals surface area contributed by atoms with Gasteiger partial charge in [-0.3, -0.25) is 0 Å². The van der Waals surface area contributed by atoms with Gasteiger partial charge < -0.3 is 10.4 Å². The molecule has 0 spiro atoms. The molecule has 1 aromatic carbocycles. The van der Waals surface area contributed by atoms with Crippen LogP contribution in [0.25, 0.3) is 0 Å². The Morgan fingerprint density at radius 2 is 2.26 bits per heavy atom. The van der Waals surface area contributed by atoms with E-state index in [1.54, 1.807) is 29.7 Å². The molecule has 100 valence electrons. The topological polar surface area (TPSA) is 62.2 Å². The average molecular weight is 297 g/mol. The van der Waals surface area contributed by atoms with Crippen LogP contribution in [0.3, 0.4) is 0 Å². The Bertz CT molecular complexity index is 612. The molecule has 0 aliphatic rings. The van der Waals surface area contributed by atoms with Gasteiger partial charge in [-0.05, 0) is 32.0 Å². The number of carboxylic acid groups (broad SMARTS) is 1. The number of thiazole rings is 1. The summed E-state index contributed by atoms with van der Waals surface area (Å²) in [7, 11) is 0. The number of nitrogens with one attached hydrogen (secondary N) is 1. The van der Waals surface area contributed by atoms with Gasteiger partial charge in [-0.1, -0.05) is 11.6 Å². The number of halogens is 1. The standard InChI is InChI=1S/C13H13ClN2O2S/c1-7-6-15-12(19-7)8(2)16-11-5-9(14)3-4-10(11)13(17)18/h3-6,8,16H,1-2H3,(H,17,18). The van der Waals surface area contributed by atoms with Gasteiger partial charge in [-0.2, -0.15) is 0 Å². The number of aromatic nitrogens is 1. The predicted octanol–water partition coefficient (Wildman–Crippen LogP) is 3.98. The van der Waals surface area contributed by atoms with Crippen LogP contribution in [0.1, 0.15) is 33.2 Å². The second-order valence-corrected chi connectivity index (χ2v) is 5.87. The van der Waals surface area contributed by atoms with Crippen LogP contribution in [0.15, 0.2) is 24.4 Å². The van der Waals surface area contributed by atoms with Gasteiger partial charge in [0.15, 0.2) is 0 Å². The highest BCUT2D eigenvalue weighted by Gasteiger charge is 2.15. The maximum Gasteiger partial charge on any atom is 0.337 e. The fourth-order valence-corrected chi connectivity index (χ4v) is 2.64. The summed E-state index contributed by atoms with van der Waals surface area (Å²) >= 11 is 7.49. The second-order valence-electron chi connectivity index (χ2n) is 4.17. The Balaban J connectivity index is 2.27. The zero-order valence-electron chi connectivity index (χ0n) is 10.5. The highest BCUT2D eigenvalue weighted by Crippen LogP contribution is 2.27. The van der Waals surface area contributed by atoms with E-state index in [4.69, 9.17) is 16.7 Å². The predicted molar refractivity (Wildman–Crippen MR) is 77.3 cm³/mol. The van der Waals surface area contributed by atoms with Crippen LogP contribution >= 0.6 is 22.9 Å². The molecule has 0 radical (unpaired) electrons. The zero-order chi connectivity index (χ0) is 14.0. The van der Waals surface area contributed by atoms with Crippen LogP contribution in [0.5, 0.6) is 0 Å². The number of anilines is 1. The minimum Gasteiger partial charge on any atom is -0.478 e. The average Bonchev–Trinajstić information content (AvgIpc) is 2.75. The van der Waals surface area contributed by atoms with Gasteiger partial charge in [0.1, 0.15) is 5.01 Å². The van der Waals surface area contributed by atoms with E-state index in [0.29, 0.717) is 10.7 Å². The van der Waals surface area contributed by atoms with E-state index >= 15 is 0 Å². The molecule has 6 heteroatoms. The molecule has 2 rings (SSSR count). The molecule has 4 nitrogen and oxygen atoms in total. The van der Waals surface area contributed by atoms with E-state index in [1.807, 2.05) is 13.8 Å². The van der Waals surface area contributed by atoms with E-state index in [1.165, 1.54) is 6.07 Å². The number of rotatable bonds is 4. The molecular weight excluding hydrogens is 284 g/mol. The van der Waals surface area contributed by atoms with Gasteiger partial charge in [0.05, 0.1) is 17.3 Å². The van der Waals surface area contributed by atoms with E-state index in [0.717, 1.165) is 9.88 Å². The molecule has 1 atom stereocenters. The summed E-state index contributed by atoms with van der Waals surface area (Å²) in [4.78, 5) is 16.6. The zero-order valence-corrected chi connectivity index (χ0v) is 12.0. The largest absolute Gasteiger partial charge is 0.478 e. The van der Waals surface area contributed by atoms with Crippen molar-refractivity contribution >= 4 is 34.6 Å². The third-order valence-corrected chi connectivity index (χ3v) is 3.92. The molecule has 0 fully saturated rings. The lowest BCUT2D eigenvalue weighted by Crippen LogP contribution is -2.10. The third kappa shape index (κ3) is 3.24. The number of aromatic carboxylic acids is 1. The van der Waals surface area contributed by atoms with Gasteiger partial charge in [0, 0.05) is 16.1 Å². The number of carboxylic acids is 1. The molecule has 0 saturated carbocycles. The lowest BCUT2D eigenvalue weighted by molar-refractivity contribution is 0.0698. The summed E-state index contributed by atoms with van der Waals surface area (Å²) in [5, 5.41) is 13.7. The number of nitrogens with zero attached hydrogens (tertiary/aromatic N) is 1. The van der Waals surface area contributed by atoms with Crippen LogP contribution < -0.4 is 5.32 Å². The fourth-order valence-electron chi connectivity index (χ4n) is 1.69. The Kier molecular flexibility index (Phi) is 4.07. The van der Waals surface area contributed by atoms with Crippen LogP contribution in [-0.2, 0) is 0 Å². The molecule has 1 heterocycles. The van der Waals surface area contributed by atoms with Crippen molar-refractivity contribution in [1.29, 1.82) is 0 Å². The maximum absolute atomic E-state index is 11.2. The highest BCUT2D eigenvalue weighted by atomic mass is 35.5. The summed E-state index contributed by atoms with van der Waals surface area (Å²) in [6.07, 6.45) is 1.80. The fraction of sp³-hybridized carbons (Fsp3) is 0.231. The third-order valence-electron chi connectivity index (χ3n) is 2.59. The summed E-state index contributed by atoms with van der Waals surface area (Å²) in [5.41, 5.74) is 0.699. The first-order chi connectivity index (χ1) is 8.97. The summed E-state index contributed by atoms with van der Waals surface area (Å²) < 4.78 is 0. The molecule has 1 unspecified atom stereocenters. The minimum atomic E-state index is -0.985. The maximum atomic E-state index is 11.2. The SMILES string of the molecule is Cc1cnc(C(C)Nc2cc(Cl)ccc2C(=O)O)s1. The summed E-state index contributed by atoms with van der Waals surface area (Å²) in [6, 6.07) is 4.60. The van der Waals surface area contributed by atoms with Crippen LogP contribution in [0.2, 0.25) is 5.02 Å². The van der Waals surface area contributed by atoms with Gasteiger partial charge >= 0.3 is 5.97 Å². The summed E-state index contributed by atoms with van der Waals surface area (Å²) in [5.74, 6) is -0.985. The summed E-state index contributed by atoms with van der Waals surface area (Å²) in [6.45, 7) is 3.92. The van der Waals surface area contributed by atoms with E-state index in [2.05, 4.69) is 10.3 Å². The second kappa shape index (κ2) is 5.59. The van der Waals surface area contributed by atoms with Crippen molar-refractivity contribution in [3.63, 3.8) is 0 Å². The number of benzene rings is 1. The molecule has 0 aliphatic carbocycles. The van der Waals surface area contributed by atoms with E-state index < -0.39 is 5.97 Å². The molecule has 2 aromatic rings. The lowest BCUT2D eigenvalue weighted by Gasteiger charge is -2.15. The number of carbonyl (C=O) groups is 1. The molecule has 2 N–H and O–H groups in total. The van der Waals surface area contributed by atoms with Crippen molar-refractivity contribution in [2.24, 2.45) is 0 Å². The first kappa shape index (κ1) is 13.8. The van der Waals surface area contributed by atoms with Gasteiger partial charge in [-0.15, -0.1) is 11.3 Å². The molecule has 1 aromatic heterocycles. The molecule has 19 heavy (non-hydrogen) atoms. The Hall–Kier alpha value is -1.59. The van der Waals surface area contributed by atoms with Gasteiger partial charge in [-0.25, -0.2) is 9.78 Å². The molecular formula is C13H13ClN2O2S. The molecule has 0 saturated heterocycles. The van der Waals surface area contributed by atoms with Crippen molar-refractivity contribution in [2.75, 3.05) is 5.32 Å². The van der Waals surface area contributed by atoms with Crippen molar-refractivity contribution < 1.29 is 9.90 Å².